The van der Waals surface area contributed by atoms with E-state index in [1.807, 2.05) is 72.8 Å². The molecule has 0 radical (unpaired) electrons. The van der Waals surface area contributed by atoms with E-state index >= 15 is 0 Å². The minimum atomic E-state index is -0.0866. The van der Waals surface area contributed by atoms with Crippen molar-refractivity contribution in [2.75, 3.05) is 25.3 Å². The third kappa shape index (κ3) is 5.44. The molecule has 0 atom stereocenters. The van der Waals surface area contributed by atoms with Crippen molar-refractivity contribution in [1.82, 2.24) is 0 Å². The number of para-hydroxylation sites is 1. The molecule has 0 heterocycles. The molecule has 6 heteroatoms. The molecule has 0 aliphatic rings. The number of benzene rings is 3. The highest BCUT2D eigenvalue weighted by molar-refractivity contribution is 8.00. The lowest BCUT2D eigenvalue weighted by Gasteiger charge is -2.10. The van der Waals surface area contributed by atoms with Gasteiger partial charge in [0, 0.05) is 10.6 Å². The van der Waals surface area contributed by atoms with Gasteiger partial charge in [0.2, 0.25) is 5.91 Å². The molecule has 0 fully saturated rings. The second-order valence-electron chi connectivity index (χ2n) is 5.79. The van der Waals surface area contributed by atoms with E-state index in [1.165, 1.54) is 11.8 Å². The number of ether oxygens (including phenoxy) is 3. The van der Waals surface area contributed by atoms with Gasteiger partial charge in [0.15, 0.2) is 11.5 Å². The molecule has 0 bridgehead atoms. The van der Waals surface area contributed by atoms with Crippen molar-refractivity contribution in [2.24, 2.45) is 0 Å². The number of carbonyl (C=O) groups excluding carboxylic acids is 1. The van der Waals surface area contributed by atoms with E-state index in [0.717, 1.165) is 16.3 Å². The fourth-order valence-corrected chi connectivity index (χ4v) is 3.21. The fourth-order valence-electron chi connectivity index (χ4n) is 2.48. The summed E-state index contributed by atoms with van der Waals surface area (Å²) in [5.41, 5.74) is 0.721. The monoisotopic (exact) mass is 395 g/mol. The van der Waals surface area contributed by atoms with Crippen LogP contribution >= 0.6 is 11.8 Å². The SMILES string of the molecule is COc1ccc(SCC(=O)Nc2ccc(Oc3ccccc3)cc2)cc1OC. The molecule has 0 aliphatic carbocycles. The van der Waals surface area contributed by atoms with Crippen molar-refractivity contribution >= 4 is 23.4 Å². The van der Waals surface area contributed by atoms with Crippen LogP contribution in [-0.2, 0) is 4.79 Å². The molecule has 0 aromatic heterocycles. The van der Waals surface area contributed by atoms with Crippen LogP contribution in [0.5, 0.6) is 23.0 Å². The molecule has 0 saturated heterocycles. The molecule has 28 heavy (non-hydrogen) atoms. The lowest BCUT2D eigenvalue weighted by molar-refractivity contribution is -0.113. The maximum atomic E-state index is 12.2. The first-order valence-corrected chi connectivity index (χ1v) is 9.64. The Bertz CT molecular complexity index is 914. The molecule has 3 aromatic carbocycles. The van der Waals surface area contributed by atoms with Crippen molar-refractivity contribution < 1.29 is 19.0 Å². The number of hydrogen-bond donors (Lipinski definition) is 1. The Hall–Kier alpha value is -3.12. The molecule has 0 spiro atoms. The van der Waals surface area contributed by atoms with Crippen LogP contribution in [0, 0.1) is 0 Å². The summed E-state index contributed by atoms with van der Waals surface area (Å²) in [6, 6.07) is 22.4. The van der Waals surface area contributed by atoms with Gasteiger partial charge >= 0.3 is 0 Å². The summed E-state index contributed by atoms with van der Waals surface area (Å²) in [4.78, 5) is 13.2. The van der Waals surface area contributed by atoms with Crippen LogP contribution in [0.1, 0.15) is 0 Å². The third-order valence-corrected chi connectivity index (χ3v) is 4.84. The van der Waals surface area contributed by atoms with E-state index in [4.69, 9.17) is 14.2 Å². The van der Waals surface area contributed by atoms with Gasteiger partial charge in [0.25, 0.3) is 0 Å². The quantitative estimate of drug-likeness (QED) is 0.530. The Morgan fingerprint density at radius 2 is 1.54 bits per heavy atom. The summed E-state index contributed by atoms with van der Waals surface area (Å²) in [5, 5.41) is 2.88. The number of rotatable bonds is 8. The topological polar surface area (TPSA) is 56.8 Å². The van der Waals surface area contributed by atoms with Crippen LogP contribution in [0.4, 0.5) is 5.69 Å². The highest BCUT2D eigenvalue weighted by Crippen LogP contribution is 2.32. The van der Waals surface area contributed by atoms with Crippen molar-refractivity contribution in [3.05, 3.63) is 72.8 Å². The summed E-state index contributed by atoms with van der Waals surface area (Å²) in [5.74, 6) is 2.99. The van der Waals surface area contributed by atoms with Crippen molar-refractivity contribution in [3.63, 3.8) is 0 Å². The van der Waals surface area contributed by atoms with Gasteiger partial charge < -0.3 is 19.5 Å². The van der Waals surface area contributed by atoms with E-state index in [0.29, 0.717) is 17.2 Å². The maximum absolute atomic E-state index is 12.2. The normalized spacial score (nSPS) is 10.2. The number of nitrogens with one attached hydrogen (secondary N) is 1. The van der Waals surface area contributed by atoms with E-state index in [1.54, 1.807) is 14.2 Å². The minimum absolute atomic E-state index is 0.0866. The summed E-state index contributed by atoms with van der Waals surface area (Å²) in [6.45, 7) is 0. The molecule has 0 aliphatic heterocycles. The second kappa shape index (κ2) is 9.71. The Kier molecular flexibility index (Phi) is 6.81. The summed E-state index contributed by atoms with van der Waals surface area (Å²) < 4.78 is 16.2. The van der Waals surface area contributed by atoms with E-state index in [9.17, 15) is 4.79 Å². The lowest BCUT2D eigenvalue weighted by atomic mass is 10.3. The molecule has 0 unspecified atom stereocenters. The zero-order valence-electron chi connectivity index (χ0n) is 15.7. The van der Waals surface area contributed by atoms with Gasteiger partial charge in [-0.05, 0) is 54.6 Å². The first-order chi connectivity index (χ1) is 13.7. The first kappa shape index (κ1) is 19.6. The van der Waals surface area contributed by atoms with E-state index in [2.05, 4.69) is 5.32 Å². The molecule has 1 amide bonds. The number of methoxy groups -OCH3 is 2. The molecule has 144 valence electrons. The Morgan fingerprint density at radius 1 is 0.857 bits per heavy atom. The minimum Gasteiger partial charge on any atom is -0.493 e. The van der Waals surface area contributed by atoms with Crippen molar-refractivity contribution in [2.45, 2.75) is 4.90 Å². The highest BCUT2D eigenvalue weighted by Gasteiger charge is 2.08. The Labute approximate surface area is 168 Å². The molecule has 3 aromatic rings. The predicted molar refractivity (Wildman–Crippen MR) is 112 cm³/mol. The summed E-state index contributed by atoms with van der Waals surface area (Å²) in [7, 11) is 3.18. The maximum Gasteiger partial charge on any atom is 0.234 e. The number of amides is 1. The Balaban J connectivity index is 1.52. The predicted octanol–water partition coefficient (Wildman–Crippen LogP) is 5.23. The van der Waals surface area contributed by atoms with Gasteiger partial charge in [-0.3, -0.25) is 4.79 Å². The average molecular weight is 395 g/mol. The van der Waals surface area contributed by atoms with Crippen LogP contribution in [-0.4, -0.2) is 25.9 Å². The van der Waals surface area contributed by atoms with Crippen LogP contribution in [0.25, 0.3) is 0 Å². The van der Waals surface area contributed by atoms with Crippen LogP contribution in [0.15, 0.2) is 77.7 Å². The number of anilines is 1. The smallest absolute Gasteiger partial charge is 0.234 e. The molecular weight excluding hydrogens is 374 g/mol. The molecule has 1 N–H and O–H groups in total. The average Bonchev–Trinajstić information content (AvgIpc) is 2.74. The van der Waals surface area contributed by atoms with E-state index in [-0.39, 0.29) is 11.7 Å². The zero-order chi connectivity index (χ0) is 19.8. The van der Waals surface area contributed by atoms with E-state index < -0.39 is 0 Å². The van der Waals surface area contributed by atoms with Gasteiger partial charge in [-0.25, -0.2) is 0 Å². The molecule has 3 rings (SSSR count). The number of hydrogen-bond acceptors (Lipinski definition) is 5. The highest BCUT2D eigenvalue weighted by atomic mass is 32.2. The first-order valence-electron chi connectivity index (χ1n) is 8.65. The standard InChI is InChI=1S/C22H21NO4S/c1-25-20-13-12-19(14-21(20)26-2)28-15-22(24)23-16-8-10-18(11-9-16)27-17-6-4-3-5-7-17/h3-14H,15H2,1-2H3,(H,23,24). The van der Waals surface area contributed by atoms with Crippen molar-refractivity contribution in [3.8, 4) is 23.0 Å². The molecule has 5 nitrogen and oxygen atoms in total. The largest absolute Gasteiger partial charge is 0.493 e. The van der Waals surface area contributed by atoms with Gasteiger partial charge in [-0.15, -0.1) is 11.8 Å². The van der Waals surface area contributed by atoms with Crippen LogP contribution < -0.4 is 19.5 Å². The van der Waals surface area contributed by atoms with Gasteiger partial charge in [0.05, 0.1) is 20.0 Å². The van der Waals surface area contributed by atoms with Gasteiger partial charge in [-0.1, -0.05) is 18.2 Å². The van der Waals surface area contributed by atoms with Crippen LogP contribution in [0.3, 0.4) is 0 Å². The number of carbonyl (C=O) groups is 1. The zero-order valence-corrected chi connectivity index (χ0v) is 16.5. The van der Waals surface area contributed by atoms with Crippen molar-refractivity contribution in [1.29, 1.82) is 0 Å². The fraction of sp³-hybridized carbons (Fsp3) is 0.136. The number of thioether (sulfide) groups is 1. The molecular formula is C22H21NO4S. The summed E-state index contributed by atoms with van der Waals surface area (Å²) >= 11 is 1.43. The third-order valence-electron chi connectivity index (χ3n) is 3.84. The second-order valence-corrected chi connectivity index (χ2v) is 6.84. The van der Waals surface area contributed by atoms with Gasteiger partial charge in [-0.2, -0.15) is 0 Å². The summed E-state index contributed by atoms with van der Waals surface area (Å²) in [6.07, 6.45) is 0. The Morgan fingerprint density at radius 3 is 2.21 bits per heavy atom. The lowest BCUT2D eigenvalue weighted by Crippen LogP contribution is -2.13. The molecule has 0 saturated carbocycles. The van der Waals surface area contributed by atoms with Crippen LogP contribution in [0.2, 0.25) is 0 Å². The van der Waals surface area contributed by atoms with Gasteiger partial charge in [0.1, 0.15) is 11.5 Å².